The first-order chi connectivity index (χ1) is 13.2. The highest BCUT2D eigenvalue weighted by molar-refractivity contribution is 6.06. The molecule has 0 saturated carbocycles. The second-order valence-electron chi connectivity index (χ2n) is 5.66. The first kappa shape index (κ1) is 19.3. The molecule has 0 radical (unpaired) electrons. The summed E-state index contributed by atoms with van der Waals surface area (Å²) in [7, 11) is 2.84. The standard InChI is InChI=1S/C19H14F3NO5/c1-26-12-7-15-17(16(8-12)27-2)13(18(24)25)9-14(23-15)10-3-5-11(6-4-10)28-19(20,21)22/h3-9H,1-2H3,(H,24,25). The Morgan fingerprint density at radius 2 is 1.68 bits per heavy atom. The molecule has 1 N–H and O–H groups in total. The van der Waals surface area contributed by atoms with Gasteiger partial charge in [0.1, 0.15) is 17.2 Å². The number of carboxylic acid groups (broad SMARTS) is 1. The second-order valence-corrected chi connectivity index (χ2v) is 5.66. The number of ether oxygens (including phenoxy) is 3. The zero-order chi connectivity index (χ0) is 20.5. The molecule has 0 saturated heterocycles. The van der Waals surface area contributed by atoms with Crippen LogP contribution in [0, 0.1) is 0 Å². The predicted octanol–water partition coefficient (Wildman–Crippen LogP) is 4.52. The van der Waals surface area contributed by atoms with E-state index in [0.717, 1.165) is 12.1 Å². The Bertz CT molecular complexity index is 1030. The molecule has 3 aromatic rings. The highest BCUT2D eigenvalue weighted by atomic mass is 19.4. The van der Waals surface area contributed by atoms with Crippen LogP contribution in [0.4, 0.5) is 13.2 Å². The number of benzene rings is 2. The lowest BCUT2D eigenvalue weighted by Gasteiger charge is -2.13. The topological polar surface area (TPSA) is 77.9 Å². The third-order valence-electron chi connectivity index (χ3n) is 3.92. The van der Waals surface area contributed by atoms with E-state index in [1.807, 2.05) is 0 Å². The maximum Gasteiger partial charge on any atom is 0.573 e. The van der Waals surface area contributed by atoms with Crippen molar-refractivity contribution in [1.82, 2.24) is 4.98 Å². The van der Waals surface area contributed by atoms with Gasteiger partial charge in [-0.25, -0.2) is 9.78 Å². The van der Waals surface area contributed by atoms with Gasteiger partial charge in [-0.15, -0.1) is 13.2 Å². The largest absolute Gasteiger partial charge is 0.573 e. The van der Waals surface area contributed by atoms with Crippen molar-refractivity contribution in [2.45, 2.75) is 6.36 Å². The Kier molecular flexibility index (Phi) is 5.00. The molecule has 0 spiro atoms. The Hall–Kier alpha value is -3.49. The number of alkyl halides is 3. The summed E-state index contributed by atoms with van der Waals surface area (Å²) in [5.74, 6) is -0.896. The second kappa shape index (κ2) is 7.26. The Balaban J connectivity index is 2.15. The van der Waals surface area contributed by atoms with Gasteiger partial charge >= 0.3 is 12.3 Å². The minimum atomic E-state index is -4.80. The van der Waals surface area contributed by atoms with Crippen molar-refractivity contribution in [1.29, 1.82) is 0 Å². The monoisotopic (exact) mass is 393 g/mol. The van der Waals surface area contributed by atoms with Crippen LogP contribution in [0.25, 0.3) is 22.2 Å². The van der Waals surface area contributed by atoms with Gasteiger partial charge in [0.15, 0.2) is 0 Å². The zero-order valence-corrected chi connectivity index (χ0v) is 14.7. The highest BCUT2D eigenvalue weighted by Gasteiger charge is 2.31. The summed E-state index contributed by atoms with van der Waals surface area (Å²) in [5.41, 5.74) is 0.927. The van der Waals surface area contributed by atoms with Crippen molar-refractivity contribution < 1.29 is 37.3 Å². The third-order valence-corrected chi connectivity index (χ3v) is 3.92. The minimum Gasteiger partial charge on any atom is -0.497 e. The number of methoxy groups -OCH3 is 2. The smallest absolute Gasteiger partial charge is 0.497 e. The van der Waals surface area contributed by atoms with Crippen LogP contribution in [0.5, 0.6) is 17.2 Å². The zero-order valence-electron chi connectivity index (χ0n) is 14.7. The van der Waals surface area contributed by atoms with Crippen LogP contribution in [0.3, 0.4) is 0 Å². The molecule has 146 valence electrons. The van der Waals surface area contributed by atoms with E-state index in [4.69, 9.17) is 9.47 Å². The molecule has 0 aliphatic heterocycles. The fourth-order valence-electron chi connectivity index (χ4n) is 2.73. The van der Waals surface area contributed by atoms with E-state index in [0.29, 0.717) is 16.8 Å². The molecular weight excluding hydrogens is 379 g/mol. The van der Waals surface area contributed by atoms with E-state index >= 15 is 0 Å². The van der Waals surface area contributed by atoms with E-state index in [2.05, 4.69) is 9.72 Å². The normalized spacial score (nSPS) is 11.3. The molecule has 6 nitrogen and oxygen atoms in total. The lowest BCUT2D eigenvalue weighted by Crippen LogP contribution is -2.16. The van der Waals surface area contributed by atoms with E-state index in [1.54, 1.807) is 12.1 Å². The molecule has 9 heteroatoms. The van der Waals surface area contributed by atoms with Crippen LogP contribution in [0.15, 0.2) is 42.5 Å². The molecule has 0 amide bonds. The van der Waals surface area contributed by atoms with Crippen LogP contribution in [-0.2, 0) is 0 Å². The average Bonchev–Trinajstić information content (AvgIpc) is 2.65. The van der Waals surface area contributed by atoms with Crippen molar-refractivity contribution in [2.24, 2.45) is 0 Å². The van der Waals surface area contributed by atoms with Crippen molar-refractivity contribution in [3.05, 3.63) is 48.0 Å². The van der Waals surface area contributed by atoms with Gasteiger partial charge in [0, 0.05) is 17.7 Å². The van der Waals surface area contributed by atoms with Crippen LogP contribution in [0.1, 0.15) is 10.4 Å². The van der Waals surface area contributed by atoms with Crippen molar-refractivity contribution >= 4 is 16.9 Å². The van der Waals surface area contributed by atoms with Gasteiger partial charge in [-0.3, -0.25) is 0 Å². The number of aromatic carboxylic acids is 1. The van der Waals surface area contributed by atoms with Crippen LogP contribution >= 0.6 is 0 Å². The van der Waals surface area contributed by atoms with Crippen LogP contribution in [0.2, 0.25) is 0 Å². The number of nitrogens with zero attached hydrogens (tertiary/aromatic N) is 1. The molecule has 0 unspecified atom stereocenters. The number of rotatable bonds is 5. The van der Waals surface area contributed by atoms with E-state index in [9.17, 15) is 23.1 Å². The van der Waals surface area contributed by atoms with Crippen molar-refractivity contribution in [3.63, 3.8) is 0 Å². The number of halogens is 3. The summed E-state index contributed by atoms with van der Waals surface area (Å²) >= 11 is 0. The van der Waals surface area contributed by atoms with E-state index in [1.165, 1.54) is 32.4 Å². The molecule has 2 aromatic carbocycles. The Labute approximate surface area is 157 Å². The first-order valence-electron chi connectivity index (χ1n) is 7.88. The number of hydrogen-bond donors (Lipinski definition) is 1. The number of pyridine rings is 1. The molecule has 0 atom stereocenters. The van der Waals surface area contributed by atoms with Gasteiger partial charge in [-0.2, -0.15) is 0 Å². The molecule has 28 heavy (non-hydrogen) atoms. The van der Waals surface area contributed by atoms with Crippen LogP contribution < -0.4 is 14.2 Å². The van der Waals surface area contributed by atoms with Gasteiger partial charge in [-0.1, -0.05) is 0 Å². The summed E-state index contributed by atoms with van der Waals surface area (Å²) in [6.07, 6.45) is -4.80. The first-order valence-corrected chi connectivity index (χ1v) is 7.88. The summed E-state index contributed by atoms with van der Waals surface area (Å²) in [6.45, 7) is 0. The molecule has 0 fully saturated rings. The van der Waals surface area contributed by atoms with Gasteiger partial charge in [0.2, 0.25) is 0 Å². The number of fused-ring (bicyclic) bond motifs is 1. The maximum absolute atomic E-state index is 12.3. The molecular formula is C19H14F3NO5. The molecule has 0 bridgehead atoms. The van der Waals surface area contributed by atoms with Gasteiger partial charge in [0.05, 0.1) is 36.4 Å². The summed E-state index contributed by atoms with van der Waals surface area (Å²) in [5, 5.41) is 9.90. The van der Waals surface area contributed by atoms with Crippen molar-refractivity contribution in [2.75, 3.05) is 14.2 Å². The van der Waals surface area contributed by atoms with E-state index in [-0.39, 0.29) is 28.1 Å². The SMILES string of the molecule is COc1cc(OC)c2c(C(=O)O)cc(-c3ccc(OC(F)(F)F)cc3)nc2c1. The van der Waals surface area contributed by atoms with Crippen LogP contribution in [-0.4, -0.2) is 36.6 Å². The fraction of sp³-hybridized carbons (Fsp3) is 0.158. The van der Waals surface area contributed by atoms with Gasteiger partial charge < -0.3 is 19.3 Å². The summed E-state index contributed by atoms with van der Waals surface area (Å²) in [6, 6.07) is 9.40. The Morgan fingerprint density at radius 3 is 2.21 bits per heavy atom. The molecule has 1 aromatic heterocycles. The molecule has 3 rings (SSSR count). The fourth-order valence-corrected chi connectivity index (χ4v) is 2.73. The number of hydrogen-bond acceptors (Lipinski definition) is 5. The van der Waals surface area contributed by atoms with E-state index < -0.39 is 12.3 Å². The summed E-state index contributed by atoms with van der Waals surface area (Å²) < 4.78 is 51.2. The van der Waals surface area contributed by atoms with Gasteiger partial charge in [0.25, 0.3) is 0 Å². The number of carbonyl (C=O) groups is 1. The summed E-state index contributed by atoms with van der Waals surface area (Å²) in [4.78, 5) is 16.2. The molecule has 1 heterocycles. The molecule has 0 aliphatic rings. The third kappa shape index (κ3) is 3.93. The predicted molar refractivity (Wildman–Crippen MR) is 93.9 cm³/mol. The number of aromatic nitrogens is 1. The highest BCUT2D eigenvalue weighted by Crippen LogP contribution is 2.35. The quantitative estimate of drug-likeness (QED) is 0.687. The van der Waals surface area contributed by atoms with Crippen molar-refractivity contribution in [3.8, 4) is 28.5 Å². The number of carboxylic acids is 1. The lowest BCUT2D eigenvalue weighted by molar-refractivity contribution is -0.274. The molecule has 0 aliphatic carbocycles. The maximum atomic E-state index is 12.3. The lowest BCUT2D eigenvalue weighted by atomic mass is 10.0. The minimum absolute atomic E-state index is 0.0601. The van der Waals surface area contributed by atoms with Gasteiger partial charge in [-0.05, 0) is 30.3 Å². The average molecular weight is 393 g/mol. The Morgan fingerprint density at radius 1 is 1.00 bits per heavy atom.